The van der Waals surface area contributed by atoms with E-state index in [4.69, 9.17) is 11.1 Å². The Morgan fingerprint density at radius 1 is 1.15 bits per heavy atom. The molecule has 1 aromatic carbocycles. The van der Waals surface area contributed by atoms with Gasteiger partial charge < -0.3 is 5.73 Å². The number of hydrogen-bond donors (Lipinski definition) is 2. The van der Waals surface area contributed by atoms with Gasteiger partial charge in [-0.25, -0.2) is 0 Å². The van der Waals surface area contributed by atoms with Crippen molar-refractivity contribution in [1.82, 2.24) is 0 Å². The number of amidine groups is 1. The van der Waals surface area contributed by atoms with Gasteiger partial charge in [0.15, 0.2) is 0 Å². The zero-order valence-corrected chi connectivity index (χ0v) is 8.96. The predicted molar refractivity (Wildman–Crippen MR) is 58.9 cm³/mol. The van der Waals surface area contributed by atoms with E-state index in [1.807, 2.05) is 32.9 Å². The molecule has 0 spiro atoms. The number of benzene rings is 1. The number of rotatable bonds is 1. The Bertz CT molecular complexity index is 309. The second-order valence-corrected chi connectivity index (χ2v) is 3.19. The van der Waals surface area contributed by atoms with Crippen LogP contribution in [0, 0.1) is 26.2 Å². The van der Waals surface area contributed by atoms with Crippen LogP contribution in [0.25, 0.3) is 0 Å². The summed E-state index contributed by atoms with van der Waals surface area (Å²) in [5.74, 6) is 0.157. The minimum absolute atomic E-state index is 0. The van der Waals surface area contributed by atoms with Crippen LogP contribution in [0.15, 0.2) is 12.1 Å². The summed E-state index contributed by atoms with van der Waals surface area (Å²) in [7, 11) is 0. The summed E-state index contributed by atoms with van der Waals surface area (Å²) in [6, 6.07) is 4.09. The lowest BCUT2D eigenvalue weighted by Crippen LogP contribution is -2.14. The molecule has 1 aromatic rings. The van der Waals surface area contributed by atoms with Crippen LogP contribution in [-0.2, 0) is 0 Å². The third-order valence-electron chi connectivity index (χ3n) is 1.95. The van der Waals surface area contributed by atoms with Crippen LogP contribution in [-0.4, -0.2) is 5.84 Å². The van der Waals surface area contributed by atoms with Gasteiger partial charge in [0.25, 0.3) is 0 Å². The Labute approximate surface area is 85.1 Å². The van der Waals surface area contributed by atoms with Gasteiger partial charge in [-0.1, -0.05) is 17.7 Å². The van der Waals surface area contributed by atoms with Crippen LogP contribution in [0.3, 0.4) is 0 Å². The van der Waals surface area contributed by atoms with Gasteiger partial charge in [-0.15, -0.1) is 12.4 Å². The molecule has 3 heteroatoms. The maximum atomic E-state index is 7.37. The Hall–Kier alpha value is -1.02. The second-order valence-electron chi connectivity index (χ2n) is 3.19. The Morgan fingerprint density at radius 2 is 1.54 bits per heavy atom. The molecule has 72 valence electrons. The molecule has 0 aliphatic rings. The lowest BCUT2D eigenvalue weighted by Gasteiger charge is -2.08. The number of aryl methyl sites for hydroxylation is 3. The fourth-order valence-electron chi connectivity index (χ4n) is 1.60. The first-order chi connectivity index (χ1) is 5.52. The summed E-state index contributed by atoms with van der Waals surface area (Å²) in [5.41, 5.74) is 9.71. The molecule has 2 nitrogen and oxygen atoms in total. The highest BCUT2D eigenvalue weighted by atomic mass is 35.5. The molecule has 3 N–H and O–H groups in total. The third-order valence-corrected chi connectivity index (χ3v) is 1.95. The Morgan fingerprint density at radius 3 is 1.85 bits per heavy atom. The summed E-state index contributed by atoms with van der Waals surface area (Å²) in [6.07, 6.45) is 0. The van der Waals surface area contributed by atoms with E-state index in [1.165, 1.54) is 5.56 Å². The number of nitrogens with two attached hydrogens (primary N) is 1. The molecule has 1 rings (SSSR count). The fraction of sp³-hybridized carbons (Fsp3) is 0.300. The van der Waals surface area contributed by atoms with Crippen molar-refractivity contribution in [1.29, 1.82) is 5.41 Å². The van der Waals surface area contributed by atoms with Crippen molar-refractivity contribution in [3.63, 3.8) is 0 Å². The van der Waals surface area contributed by atoms with Gasteiger partial charge in [-0.2, -0.15) is 0 Å². The minimum atomic E-state index is 0. The van der Waals surface area contributed by atoms with E-state index >= 15 is 0 Å². The minimum Gasteiger partial charge on any atom is -0.384 e. The molecule has 0 aromatic heterocycles. The van der Waals surface area contributed by atoms with Crippen LogP contribution in [0.2, 0.25) is 0 Å². The number of nitrogens with one attached hydrogen (secondary N) is 1. The second kappa shape index (κ2) is 4.28. The highest BCUT2D eigenvalue weighted by Crippen LogP contribution is 2.15. The van der Waals surface area contributed by atoms with E-state index in [1.54, 1.807) is 0 Å². The average molecular weight is 199 g/mol. The Kier molecular flexibility index (Phi) is 3.95. The highest BCUT2D eigenvalue weighted by molar-refractivity contribution is 5.97. The van der Waals surface area contributed by atoms with Crippen LogP contribution >= 0.6 is 12.4 Å². The SMILES string of the molecule is Cc1cc(C)c(C(=N)N)c(C)c1.Cl. The van der Waals surface area contributed by atoms with Crippen molar-refractivity contribution >= 4 is 18.2 Å². The van der Waals surface area contributed by atoms with Crippen LogP contribution in [0.5, 0.6) is 0 Å². The standard InChI is InChI=1S/C10H14N2.ClH/c1-6-4-7(2)9(10(11)12)8(3)5-6;/h4-5H,1-3H3,(H3,11,12);1H. The van der Waals surface area contributed by atoms with Crippen LogP contribution in [0.4, 0.5) is 0 Å². The summed E-state index contributed by atoms with van der Waals surface area (Å²) < 4.78 is 0. The zero-order chi connectivity index (χ0) is 9.30. The van der Waals surface area contributed by atoms with Gasteiger partial charge in [0, 0.05) is 5.56 Å². The zero-order valence-electron chi connectivity index (χ0n) is 8.14. The first kappa shape index (κ1) is 12.0. The molecule has 0 amide bonds. The topological polar surface area (TPSA) is 49.9 Å². The summed E-state index contributed by atoms with van der Waals surface area (Å²) in [5, 5.41) is 7.37. The molecule has 0 bridgehead atoms. The van der Waals surface area contributed by atoms with Crippen LogP contribution in [0.1, 0.15) is 22.3 Å². The molecule has 13 heavy (non-hydrogen) atoms. The molecular formula is C10H15ClN2. The molecule has 0 saturated heterocycles. The van der Waals surface area contributed by atoms with E-state index in [0.29, 0.717) is 0 Å². The molecular weight excluding hydrogens is 184 g/mol. The van der Waals surface area contributed by atoms with Gasteiger partial charge in [-0.3, -0.25) is 5.41 Å². The van der Waals surface area contributed by atoms with Crippen molar-refractivity contribution in [2.24, 2.45) is 5.73 Å². The molecule has 0 fully saturated rings. The normalized spacial score (nSPS) is 9.15. The molecule has 0 unspecified atom stereocenters. The lowest BCUT2D eigenvalue weighted by molar-refractivity contribution is 1.27. The van der Waals surface area contributed by atoms with Crippen molar-refractivity contribution in [3.8, 4) is 0 Å². The van der Waals surface area contributed by atoms with Crippen LogP contribution < -0.4 is 5.73 Å². The quantitative estimate of drug-likeness (QED) is 0.528. The van der Waals surface area contributed by atoms with Gasteiger partial charge >= 0.3 is 0 Å². The molecule has 0 heterocycles. The number of nitrogen functional groups attached to an aromatic ring is 1. The maximum Gasteiger partial charge on any atom is 0.123 e. The molecule has 0 saturated carbocycles. The van der Waals surface area contributed by atoms with Gasteiger partial charge in [0.1, 0.15) is 5.84 Å². The van der Waals surface area contributed by atoms with E-state index < -0.39 is 0 Å². The van der Waals surface area contributed by atoms with E-state index in [0.717, 1.165) is 16.7 Å². The van der Waals surface area contributed by atoms with Gasteiger partial charge in [0.05, 0.1) is 0 Å². The monoisotopic (exact) mass is 198 g/mol. The molecule has 0 aliphatic carbocycles. The third kappa shape index (κ3) is 2.46. The predicted octanol–water partition coefficient (Wildman–Crippen LogP) is 2.32. The molecule has 0 aliphatic heterocycles. The van der Waals surface area contributed by atoms with Crippen molar-refractivity contribution < 1.29 is 0 Å². The average Bonchev–Trinajstić information content (AvgIpc) is 1.82. The van der Waals surface area contributed by atoms with Crippen molar-refractivity contribution in [3.05, 3.63) is 34.4 Å². The van der Waals surface area contributed by atoms with Gasteiger partial charge in [0.2, 0.25) is 0 Å². The summed E-state index contributed by atoms with van der Waals surface area (Å²) in [4.78, 5) is 0. The fourth-order valence-corrected chi connectivity index (χ4v) is 1.60. The van der Waals surface area contributed by atoms with E-state index in [-0.39, 0.29) is 18.2 Å². The molecule has 0 radical (unpaired) electrons. The summed E-state index contributed by atoms with van der Waals surface area (Å²) >= 11 is 0. The smallest absolute Gasteiger partial charge is 0.123 e. The number of halogens is 1. The lowest BCUT2D eigenvalue weighted by atomic mass is 9.99. The first-order valence-corrected chi connectivity index (χ1v) is 3.94. The molecule has 0 atom stereocenters. The largest absolute Gasteiger partial charge is 0.384 e. The summed E-state index contributed by atoms with van der Waals surface area (Å²) in [6.45, 7) is 6.01. The number of hydrogen-bond acceptors (Lipinski definition) is 1. The maximum absolute atomic E-state index is 7.37. The first-order valence-electron chi connectivity index (χ1n) is 3.94. The van der Waals surface area contributed by atoms with E-state index in [9.17, 15) is 0 Å². The van der Waals surface area contributed by atoms with E-state index in [2.05, 4.69) is 0 Å². The van der Waals surface area contributed by atoms with Crippen molar-refractivity contribution in [2.45, 2.75) is 20.8 Å². The van der Waals surface area contributed by atoms with Crippen molar-refractivity contribution in [2.75, 3.05) is 0 Å². The Balaban J connectivity index is 0.00000144. The van der Waals surface area contributed by atoms with Gasteiger partial charge in [-0.05, 0) is 31.9 Å². The highest BCUT2D eigenvalue weighted by Gasteiger charge is 2.05.